The zero-order valence-corrected chi connectivity index (χ0v) is 11.0. The van der Waals surface area contributed by atoms with Gasteiger partial charge in [-0.1, -0.05) is 30.3 Å². The highest BCUT2D eigenvalue weighted by Gasteiger charge is 2.06. The molecule has 0 aliphatic heterocycles. The van der Waals surface area contributed by atoms with Crippen molar-refractivity contribution in [2.45, 2.75) is 0 Å². The highest BCUT2D eigenvalue weighted by Crippen LogP contribution is 2.27. The van der Waals surface area contributed by atoms with E-state index in [4.69, 9.17) is 4.74 Å². The molecular weight excluding hydrogens is 248 g/mol. The first kappa shape index (κ1) is 11.2. The molecule has 0 aliphatic rings. The summed E-state index contributed by atoms with van der Waals surface area (Å²) in [6.45, 7) is 0. The normalized spacial score (nSPS) is 11.2. The third kappa shape index (κ3) is 1.60. The molecule has 20 heavy (non-hydrogen) atoms. The minimum atomic E-state index is 0.751. The number of pyridine rings is 2. The van der Waals surface area contributed by atoms with Crippen molar-refractivity contribution in [3.8, 4) is 5.75 Å². The lowest BCUT2D eigenvalue weighted by atomic mass is 10.1. The number of hydrogen-bond acceptors (Lipinski definition) is 3. The van der Waals surface area contributed by atoms with Gasteiger partial charge in [-0.05, 0) is 24.3 Å². The van der Waals surface area contributed by atoms with E-state index in [1.807, 2.05) is 36.4 Å². The first-order valence-electron chi connectivity index (χ1n) is 6.48. The number of nitrogens with zero attached hydrogens (tertiary/aromatic N) is 2. The molecule has 4 rings (SSSR count). The van der Waals surface area contributed by atoms with E-state index in [1.165, 1.54) is 0 Å². The van der Waals surface area contributed by atoms with E-state index in [2.05, 4.69) is 28.2 Å². The number of aromatic nitrogens is 2. The highest BCUT2D eigenvalue weighted by atomic mass is 16.5. The molecule has 2 heterocycles. The van der Waals surface area contributed by atoms with Crippen LogP contribution in [0.5, 0.6) is 5.75 Å². The Morgan fingerprint density at radius 2 is 1.60 bits per heavy atom. The first-order valence-corrected chi connectivity index (χ1v) is 6.48. The topological polar surface area (TPSA) is 35.0 Å². The van der Waals surface area contributed by atoms with Crippen LogP contribution >= 0.6 is 0 Å². The van der Waals surface area contributed by atoms with Crippen molar-refractivity contribution in [2.75, 3.05) is 7.11 Å². The van der Waals surface area contributed by atoms with Crippen LogP contribution in [0.25, 0.3) is 32.8 Å². The number of fused-ring (bicyclic) bond motifs is 3. The summed E-state index contributed by atoms with van der Waals surface area (Å²) < 4.78 is 5.37. The molecule has 0 atom stereocenters. The summed E-state index contributed by atoms with van der Waals surface area (Å²) >= 11 is 0. The van der Waals surface area contributed by atoms with Crippen LogP contribution in [0.2, 0.25) is 0 Å². The van der Waals surface area contributed by atoms with Crippen LogP contribution in [0.4, 0.5) is 0 Å². The van der Waals surface area contributed by atoms with Crippen molar-refractivity contribution in [3.05, 3.63) is 54.6 Å². The maximum atomic E-state index is 5.37. The molecule has 0 spiro atoms. The predicted octanol–water partition coefficient (Wildman–Crippen LogP) is 3.94. The van der Waals surface area contributed by atoms with E-state index in [0.717, 1.165) is 38.6 Å². The van der Waals surface area contributed by atoms with Gasteiger partial charge in [-0.2, -0.15) is 0 Å². The van der Waals surface area contributed by atoms with Crippen molar-refractivity contribution in [1.82, 2.24) is 9.97 Å². The van der Waals surface area contributed by atoms with Crippen LogP contribution < -0.4 is 4.74 Å². The number of benzene rings is 2. The van der Waals surface area contributed by atoms with Gasteiger partial charge in [-0.3, -0.25) is 0 Å². The molecular formula is C17H12N2O. The molecule has 4 aromatic rings. The summed E-state index contributed by atoms with van der Waals surface area (Å²) in [5.41, 5.74) is 2.56. The van der Waals surface area contributed by atoms with Gasteiger partial charge in [0.05, 0.1) is 12.6 Å². The van der Waals surface area contributed by atoms with Crippen molar-refractivity contribution in [3.63, 3.8) is 0 Å². The Kier molecular flexibility index (Phi) is 2.33. The molecule has 0 radical (unpaired) electrons. The summed E-state index contributed by atoms with van der Waals surface area (Å²) in [6.07, 6.45) is 0. The number of ether oxygens (including phenoxy) is 1. The first-order chi connectivity index (χ1) is 9.85. The van der Waals surface area contributed by atoms with Crippen LogP contribution in [0.3, 0.4) is 0 Å². The van der Waals surface area contributed by atoms with E-state index < -0.39 is 0 Å². The smallest absolute Gasteiger partial charge is 0.160 e. The summed E-state index contributed by atoms with van der Waals surface area (Å²) in [5.74, 6) is 0.777. The molecule has 0 aliphatic carbocycles. The SMILES string of the molecule is COc1cccc2cc3cc4ccccc4nc3nc12. The van der Waals surface area contributed by atoms with Crippen molar-refractivity contribution >= 4 is 32.8 Å². The van der Waals surface area contributed by atoms with Crippen molar-refractivity contribution in [1.29, 1.82) is 0 Å². The molecule has 0 fully saturated rings. The second-order valence-corrected chi connectivity index (χ2v) is 4.75. The molecule has 0 amide bonds. The zero-order valence-electron chi connectivity index (χ0n) is 11.0. The Bertz CT molecular complexity index is 947. The zero-order chi connectivity index (χ0) is 13.5. The Balaban J connectivity index is 2.15. The standard InChI is InChI=1S/C17H12N2O/c1-20-15-8-4-6-12-10-13-9-11-5-2-3-7-14(11)18-17(13)19-16(12)15/h2-10H,1H3. The summed E-state index contributed by atoms with van der Waals surface area (Å²) in [5, 5.41) is 3.24. The van der Waals surface area contributed by atoms with Gasteiger partial charge < -0.3 is 4.74 Å². The number of methoxy groups -OCH3 is 1. The van der Waals surface area contributed by atoms with Crippen LogP contribution in [0, 0.1) is 0 Å². The number of hydrogen-bond donors (Lipinski definition) is 0. The lowest BCUT2D eigenvalue weighted by Crippen LogP contribution is -1.91. The molecule has 96 valence electrons. The summed E-state index contributed by atoms with van der Waals surface area (Å²) in [6, 6.07) is 18.3. The minimum Gasteiger partial charge on any atom is -0.494 e. The molecule has 0 N–H and O–H groups in total. The Hall–Kier alpha value is -2.68. The molecule has 0 saturated carbocycles. The van der Waals surface area contributed by atoms with E-state index >= 15 is 0 Å². The summed E-state index contributed by atoms with van der Waals surface area (Å²) in [4.78, 5) is 9.30. The Labute approximate surface area is 115 Å². The van der Waals surface area contributed by atoms with Gasteiger partial charge in [0, 0.05) is 16.2 Å². The van der Waals surface area contributed by atoms with E-state index in [0.29, 0.717) is 0 Å². The second-order valence-electron chi connectivity index (χ2n) is 4.75. The molecule has 0 bridgehead atoms. The largest absolute Gasteiger partial charge is 0.494 e. The lowest BCUT2D eigenvalue weighted by Gasteiger charge is -2.06. The van der Waals surface area contributed by atoms with Crippen LogP contribution in [0.1, 0.15) is 0 Å². The fourth-order valence-electron chi connectivity index (χ4n) is 2.53. The molecule has 2 aromatic carbocycles. The van der Waals surface area contributed by atoms with E-state index in [9.17, 15) is 0 Å². The average molecular weight is 260 g/mol. The lowest BCUT2D eigenvalue weighted by molar-refractivity contribution is 0.419. The van der Waals surface area contributed by atoms with E-state index in [-0.39, 0.29) is 0 Å². The van der Waals surface area contributed by atoms with Gasteiger partial charge in [0.1, 0.15) is 11.3 Å². The van der Waals surface area contributed by atoms with Gasteiger partial charge in [0.15, 0.2) is 5.65 Å². The number of rotatable bonds is 1. The number of para-hydroxylation sites is 2. The summed E-state index contributed by atoms with van der Waals surface area (Å²) in [7, 11) is 1.66. The van der Waals surface area contributed by atoms with Crippen LogP contribution in [0.15, 0.2) is 54.6 Å². The molecule has 3 nitrogen and oxygen atoms in total. The Morgan fingerprint density at radius 3 is 2.50 bits per heavy atom. The van der Waals surface area contributed by atoms with Gasteiger partial charge in [0.2, 0.25) is 0 Å². The average Bonchev–Trinajstić information content (AvgIpc) is 2.50. The third-order valence-electron chi connectivity index (χ3n) is 3.51. The fraction of sp³-hybridized carbons (Fsp3) is 0.0588. The third-order valence-corrected chi connectivity index (χ3v) is 3.51. The maximum absolute atomic E-state index is 5.37. The second kappa shape index (κ2) is 4.17. The molecule has 0 unspecified atom stereocenters. The quantitative estimate of drug-likeness (QED) is 0.486. The van der Waals surface area contributed by atoms with Gasteiger partial charge in [-0.15, -0.1) is 0 Å². The Morgan fingerprint density at radius 1 is 0.800 bits per heavy atom. The molecule has 2 aromatic heterocycles. The van der Waals surface area contributed by atoms with Crippen LogP contribution in [-0.4, -0.2) is 17.1 Å². The van der Waals surface area contributed by atoms with Gasteiger partial charge >= 0.3 is 0 Å². The monoisotopic (exact) mass is 260 g/mol. The van der Waals surface area contributed by atoms with Gasteiger partial charge in [0.25, 0.3) is 0 Å². The van der Waals surface area contributed by atoms with Gasteiger partial charge in [-0.25, -0.2) is 9.97 Å². The maximum Gasteiger partial charge on any atom is 0.160 e. The minimum absolute atomic E-state index is 0.751. The van der Waals surface area contributed by atoms with Crippen molar-refractivity contribution in [2.24, 2.45) is 0 Å². The fourth-order valence-corrected chi connectivity index (χ4v) is 2.53. The van der Waals surface area contributed by atoms with Crippen molar-refractivity contribution < 1.29 is 4.74 Å². The highest BCUT2D eigenvalue weighted by molar-refractivity contribution is 5.98. The predicted molar refractivity (Wildman–Crippen MR) is 81.1 cm³/mol. The molecule has 3 heteroatoms. The van der Waals surface area contributed by atoms with E-state index in [1.54, 1.807) is 7.11 Å². The van der Waals surface area contributed by atoms with Crippen LogP contribution in [-0.2, 0) is 0 Å². The molecule has 0 saturated heterocycles.